The lowest BCUT2D eigenvalue weighted by atomic mass is 10.1. The predicted octanol–water partition coefficient (Wildman–Crippen LogP) is 3.27. The van der Waals surface area contributed by atoms with Crippen molar-refractivity contribution in [3.05, 3.63) is 78.4 Å². The fourth-order valence-corrected chi connectivity index (χ4v) is 3.20. The van der Waals surface area contributed by atoms with E-state index in [0.717, 1.165) is 33.4 Å². The van der Waals surface area contributed by atoms with Crippen molar-refractivity contribution >= 4 is 28.6 Å². The second-order valence-electron chi connectivity index (χ2n) is 6.74. The van der Waals surface area contributed by atoms with Crippen LogP contribution >= 0.6 is 0 Å². The highest BCUT2D eigenvalue weighted by atomic mass is 16.5. The minimum Gasteiger partial charge on any atom is -0.371 e. The minimum atomic E-state index is 0.247. The third kappa shape index (κ3) is 5.17. The molecule has 0 atom stereocenters. The molecule has 31 heavy (non-hydrogen) atoms. The van der Waals surface area contributed by atoms with Gasteiger partial charge >= 0.3 is 0 Å². The van der Waals surface area contributed by atoms with Crippen molar-refractivity contribution in [2.45, 2.75) is 6.42 Å². The Bertz CT molecular complexity index is 1210. The van der Waals surface area contributed by atoms with Crippen LogP contribution in [0.1, 0.15) is 11.4 Å². The van der Waals surface area contributed by atoms with Crippen molar-refractivity contribution in [2.24, 2.45) is 4.99 Å². The summed E-state index contributed by atoms with van der Waals surface area (Å²) in [6, 6.07) is 17.3. The van der Waals surface area contributed by atoms with Gasteiger partial charge in [-0.3, -0.25) is 15.7 Å². The average Bonchev–Trinajstić information content (AvgIpc) is 2.81. The number of aliphatic imine (C=N–C) groups is 1. The molecule has 0 bridgehead atoms. The Morgan fingerprint density at radius 3 is 2.81 bits per heavy atom. The summed E-state index contributed by atoms with van der Waals surface area (Å²) in [5, 5.41) is 21.4. The summed E-state index contributed by atoms with van der Waals surface area (Å²) in [5.74, 6) is 0.688. The molecule has 0 amide bonds. The van der Waals surface area contributed by atoms with Crippen molar-refractivity contribution in [2.75, 3.05) is 12.0 Å². The molecule has 2 aromatic heterocycles. The molecule has 4 rings (SSSR count). The number of nitrogens with one attached hydrogen (secondary N) is 3. The molecule has 4 aromatic rings. The SMILES string of the molecule is ONC=Nc1ccc2ncc(Cc3nccc(-c4cccc(NCNO)c4)n3)cc2c1. The molecule has 9 nitrogen and oxygen atoms in total. The van der Waals surface area contributed by atoms with Crippen LogP contribution in [0, 0.1) is 0 Å². The topological polar surface area (TPSA) is 128 Å². The highest BCUT2D eigenvalue weighted by molar-refractivity contribution is 5.83. The summed E-state index contributed by atoms with van der Waals surface area (Å²) >= 11 is 0. The number of rotatable bonds is 8. The number of hydrogen-bond donors (Lipinski definition) is 5. The van der Waals surface area contributed by atoms with E-state index in [9.17, 15) is 0 Å². The number of nitrogens with zero attached hydrogens (tertiary/aromatic N) is 4. The molecule has 0 fully saturated rings. The standard InChI is InChI=1S/C22H21N7O2/c30-27-13-25-18-3-1-2-16(10-18)21-6-7-23-22(29-21)9-15-8-17-11-19(26-14-28-31)4-5-20(17)24-12-15/h1-8,10-12,14,25,27,30-31H,9,13H2,(H,26,28). The second-order valence-corrected chi connectivity index (χ2v) is 6.74. The van der Waals surface area contributed by atoms with E-state index in [-0.39, 0.29) is 6.67 Å². The molecule has 0 aliphatic heterocycles. The van der Waals surface area contributed by atoms with E-state index in [1.807, 2.05) is 66.3 Å². The van der Waals surface area contributed by atoms with Gasteiger partial charge in [-0.2, -0.15) is 5.48 Å². The maximum atomic E-state index is 8.75. The molecular weight excluding hydrogens is 394 g/mol. The Morgan fingerprint density at radius 1 is 1.00 bits per heavy atom. The van der Waals surface area contributed by atoms with Crippen LogP contribution in [0.2, 0.25) is 0 Å². The lowest BCUT2D eigenvalue weighted by molar-refractivity contribution is 0.175. The Kier molecular flexibility index (Phi) is 6.38. The van der Waals surface area contributed by atoms with Crippen LogP contribution in [0.3, 0.4) is 0 Å². The molecular formula is C22H21N7O2. The van der Waals surface area contributed by atoms with Gasteiger partial charge in [-0.05, 0) is 48.0 Å². The van der Waals surface area contributed by atoms with E-state index in [4.69, 9.17) is 15.4 Å². The van der Waals surface area contributed by atoms with Crippen LogP contribution in [-0.4, -0.2) is 38.4 Å². The van der Waals surface area contributed by atoms with Gasteiger partial charge < -0.3 is 10.5 Å². The Morgan fingerprint density at radius 2 is 1.94 bits per heavy atom. The lowest BCUT2D eigenvalue weighted by Crippen LogP contribution is -2.17. The molecule has 0 saturated carbocycles. The average molecular weight is 415 g/mol. The van der Waals surface area contributed by atoms with Crippen molar-refractivity contribution in [3.63, 3.8) is 0 Å². The molecule has 9 heteroatoms. The van der Waals surface area contributed by atoms with Crippen molar-refractivity contribution in [1.29, 1.82) is 0 Å². The Labute approximate surface area is 178 Å². The number of hydroxylamine groups is 2. The van der Waals surface area contributed by atoms with Gasteiger partial charge in [0.1, 0.15) is 12.2 Å². The summed E-state index contributed by atoms with van der Waals surface area (Å²) in [6.45, 7) is 0.247. The molecule has 0 spiro atoms. The van der Waals surface area contributed by atoms with Crippen LogP contribution in [0.4, 0.5) is 11.4 Å². The molecule has 5 N–H and O–H groups in total. The maximum absolute atomic E-state index is 8.75. The van der Waals surface area contributed by atoms with Gasteiger partial charge in [0, 0.05) is 35.5 Å². The minimum absolute atomic E-state index is 0.247. The van der Waals surface area contributed by atoms with Gasteiger partial charge in [-0.25, -0.2) is 15.0 Å². The van der Waals surface area contributed by atoms with E-state index in [1.165, 1.54) is 6.34 Å². The van der Waals surface area contributed by atoms with E-state index < -0.39 is 0 Å². The highest BCUT2D eigenvalue weighted by Gasteiger charge is 2.06. The Balaban J connectivity index is 1.57. The number of hydrogen-bond acceptors (Lipinski definition) is 8. The van der Waals surface area contributed by atoms with Gasteiger partial charge in [0.15, 0.2) is 0 Å². The van der Waals surface area contributed by atoms with Gasteiger partial charge in [-0.1, -0.05) is 12.1 Å². The predicted molar refractivity (Wildman–Crippen MR) is 119 cm³/mol. The molecule has 0 saturated heterocycles. The largest absolute Gasteiger partial charge is 0.371 e. The molecule has 0 unspecified atom stereocenters. The summed E-state index contributed by atoms with van der Waals surface area (Å²) < 4.78 is 0. The van der Waals surface area contributed by atoms with Crippen molar-refractivity contribution in [3.8, 4) is 11.3 Å². The van der Waals surface area contributed by atoms with Gasteiger partial charge in [0.25, 0.3) is 0 Å². The van der Waals surface area contributed by atoms with Gasteiger partial charge in [-0.15, -0.1) is 0 Å². The third-order valence-corrected chi connectivity index (χ3v) is 4.59. The molecule has 0 aliphatic carbocycles. The van der Waals surface area contributed by atoms with Gasteiger partial charge in [0.2, 0.25) is 0 Å². The van der Waals surface area contributed by atoms with Crippen LogP contribution in [0.25, 0.3) is 22.2 Å². The zero-order valence-corrected chi connectivity index (χ0v) is 16.5. The quantitative estimate of drug-likeness (QED) is 0.128. The molecule has 0 radical (unpaired) electrons. The van der Waals surface area contributed by atoms with Crippen molar-refractivity contribution in [1.82, 2.24) is 25.9 Å². The van der Waals surface area contributed by atoms with Crippen LogP contribution in [-0.2, 0) is 6.42 Å². The summed E-state index contributed by atoms with van der Waals surface area (Å²) in [6.07, 6.45) is 5.32. The van der Waals surface area contributed by atoms with E-state index in [0.29, 0.717) is 17.9 Å². The molecule has 0 aliphatic rings. The van der Waals surface area contributed by atoms with Crippen LogP contribution in [0.15, 0.2) is 72.0 Å². The Hall–Kier alpha value is -3.92. The van der Waals surface area contributed by atoms with Crippen LogP contribution < -0.4 is 16.3 Å². The zero-order chi connectivity index (χ0) is 21.5. The summed E-state index contributed by atoms with van der Waals surface area (Å²) in [7, 11) is 0. The number of fused-ring (bicyclic) bond motifs is 1. The van der Waals surface area contributed by atoms with E-state index >= 15 is 0 Å². The summed E-state index contributed by atoms with van der Waals surface area (Å²) in [5.41, 5.74) is 9.14. The third-order valence-electron chi connectivity index (χ3n) is 4.59. The molecule has 2 heterocycles. The van der Waals surface area contributed by atoms with Crippen LogP contribution in [0.5, 0.6) is 0 Å². The normalized spacial score (nSPS) is 11.2. The number of pyridine rings is 1. The zero-order valence-electron chi connectivity index (χ0n) is 16.5. The first-order valence-electron chi connectivity index (χ1n) is 9.59. The second kappa shape index (κ2) is 9.72. The lowest BCUT2D eigenvalue weighted by Gasteiger charge is -2.08. The maximum Gasteiger partial charge on any atom is 0.133 e. The first-order chi connectivity index (χ1) is 15.2. The fourth-order valence-electron chi connectivity index (χ4n) is 3.20. The highest BCUT2D eigenvalue weighted by Crippen LogP contribution is 2.23. The first-order valence-corrected chi connectivity index (χ1v) is 9.59. The first kappa shape index (κ1) is 20.4. The monoisotopic (exact) mass is 415 g/mol. The molecule has 156 valence electrons. The fraction of sp³-hybridized carbons (Fsp3) is 0.0909. The number of benzene rings is 2. The number of aromatic nitrogens is 3. The number of anilines is 1. The molecule has 2 aromatic carbocycles. The van der Waals surface area contributed by atoms with E-state index in [2.05, 4.69) is 25.8 Å². The van der Waals surface area contributed by atoms with Crippen molar-refractivity contribution < 1.29 is 10.4 Å². The summed E-state index contributed by atoms with van der Waals surface area (Å²) in [4.78, 5) is 17.7. The van der Waals surface area contributed by atoms with E-state index in [1.54, 1.807) is 6.20 Å². The van der Waals surface area contributed by atoms with Gasteiger partial charge in [0.05, 0.1) is 23.6 Å². The smallest absolute Gasteiger partial charge is 0.133 e.